The van der Waals surface area contributed by atoms with Crippen molar-refractivity contribution in [1.82, 2.24) is 5.32 Å². The second-order valence-corrected chi connectivity index (χ2v) is 4.80. The summed E-state index contributed by atoms with van der Waals surface area (Å²) in [6.07, 6.45) is 0.626. The van der Waals surface area contributed by atoms with Crippen molar-refractivity contribution in [3.8, 4) is 5.75 Å². The van der Waals surface area contributed by atoms with Crippen LogP contribution in [0.15, 0.2) is 47.1 Å². The van der Waals surface area contributed by atoms with E-state index >= 15 is 0 Å². The summed E-state index contributed by atoms with van der Waals surface area (Å²) in [6, 6.07) is 10.0. The highest BCUT2D eigenvalue weighted by Gasteiger charge is 2.19. The third-order valence-corrected chi connectivity index (χ3v) is 3.07. The van der Waals surface area contributed by atoms with Crippen LogP contribution >= 0.6 is 0 Å². The van der Waals surface area contributed by atoms with Crippen LogP contribution in [0, 0.1) is 0 Å². The first-order valence-electron chi connectivity index (χ1n) is 7.34. The lowest BCUT2D eigenvalue weighted by Gasteiger charge is -2.13. The topological polar surface area (TPSA) is 77.8 Å². The lowest BCUT2D eigenvalue weighted by Crippen LogP contribution is -2.35. The quantitative estimate of drug-likeness (QED) is 0.794. The predicted molar refractivity (Wildman–Crippen MR) is 83.0 cm³/mol. The molecule has 1 aromatic carbocycles. The van der Waals surface area contributed by atoms with Crippen molar-refractivity contribution in [2.45, 2.75) is 26.5 Å². The molecule has 2 rings (SSSR count). The number of carbonyl (C=O) groups excluding carboxylic acids is 2. The van der Waals surface area contributed by atoms with Crippen LogP contribution in [0.25, 0.3) is 0 Å². The van der Waals surface area contributed by atoms with Gasteiger partial charge in [-0.25, -0.2) is 4.79 Å². The number of hydrogen-bond acceptors (Lipinski definition) is 5. The molecule has 0 saturated heterocycles. The third-order valence-electron chi connectivity index (χ3n) is 3.07. The summed E-state index contributed by atoms with van der Waals surface area (Å²) in [5.74, 6) is 0.353. The van der Waals surface area contributed by atoms with Crippen molar-refractivity contribution >= 4 is 11.9 Å². The SMILES string of the molecule is CCOc1ccc(C(=O)O[C@@H](C)C(=O)NCc2ccco2)cc1. The maximum absolute atomic E-state index is 12.0. The van der Waals surface area contributed by atoms with E-state index in [-0.39, 0.29) is 12.5 Å². The van der Waals surface area contributed by atoms with Gasteiger partial charge in [-0.1, -0.05) is 0 Å². The van der Waals surface area contributed by atoms with Gasteiger partial charge in [-0.3, -0.25) is 4.79 Å². The number of amides is 1. The van der Waals surface area contributed by atoms with Crippen LogP contribution in [0.5, 0.6) is 5.75 Å². The Balaban J connectivity index is 1.84. The standard InChI is InChI=1S/C17H19NO5/c1-3-21-14-8-6-13(7-9-14)17(20)23-12(2)16(19)18-11-15-5-4-10-22-15/h4-10,12H,3,11H2,1-2H3,(H,18,19)/t12-/m0/s1. The Labute approximate surface area is 134 Å². The number of rotatable bonds is 7. The van der Waals surface area contributed by atoms with E-state index in [2.05, 4.69) is 5.32 Å². The fraction of sp³-hybridized carbons (Fsp3) is 0.294. The van der Waals surface area contributed by atoms with E-state index in [1.807, 2.05) is 6.92 Å². The normalized spacial score (nSPS) is 11.6. The van der Waals surface area contributed by atoms with E-state index in [1.165, 1.54) is 13.2 Å². The lowest BCUT2D eigenvalue weighted by molar-refractivity contribution is -0.129. The molecule has 0 saturated carbocycles. The zero-order valence-corrected chi connectivity index (χ0v) is 13.1. The Kier molecular flexibility index (Phi) is 5.80. The van der Waals surface area contributed by atoms with Crippen molar-refractivity contribution in [1.29, 1.82) is 0 Å². The first kappa shape index (κ1) is 16.6. The molecule has 1 amide bonds. The monoisotopic (exact) mass is 317 g/mol. The molecule has 0 fully saturated rings. The van der Waals surface area contributed by atoms with E-state index in [1.54, 1.807) is 36.4 Å². The van der Waals surface area contributed by atoms with Gasteiger partial charge in [0.25, 0.3) is 5.91 Å². The number of furan rings is 1. The zero-order valence-electron chi connectivity index (χ0n) is 13.1. The maximum Gasteiger partial charge on any atom is 0.338 e. The Morgan fingerprint density at radius 2 is 1.96 bits per heavy atom. The van der Waals surface area contributed by atoms with Gasteiger partial charge in [0.05, 0.1) is 25.0 Å². The fourth-order valence-electron chi connectivity index (χ4n) is 1.87. The molecule has 122 valence electrons. The molecule has 2 aromatic rings. The third kappa shape index (κ3) is 4.88. The van der Waals surface area contributed by atoms with Crippen LogP contribution in [-0.4, -0.2) is 24.6 Å². The molecule has 0 spiro atoms. The Morgan fingerprint density at radius 1 is 1.22 bits per heavy atom. The largest absolute Gasteiger partial charge is 0.494 e. The van der Waals surface area contributed by atoms with Gasteiger partial charge in [-0.05, 0) is 50.2 Å². The molecule has 6 heteroatoms. The number of ether oxygens (including phenoxy) is 2. The van der Waals surface area contributed by atoms with Crippen molar-refractivity contribution in [3.63, 3.8) is 0 Å². The first-order valence-corrected chi connectivity index (χ1v) is 7.34. The van der Waals surface area contributed by atoms with Gasteiger partial charge >= 0.3 is 5.97 Å². The van der Waals surface area contributed by atoms with E-state index in [0.717, 1.165) is 0 Å². The molecular formula is C17H19NO5. The molecule has 0 aliphatic carbocycles. The van der Waals surface area contributed by atoms with Crippen molar-refractivity contribution in [2.24, 2.45) is 0 Å². The minimum atomic E-state index is -0.899. The molecule has 0 unspecified atom stereocenters. The summed E-state index contributed by atoms with van der Waals surface area (Å²) >= 11 is 0. The van der Waals surface area contributed by atoms with Crippen LogP contribution in [0.4, 0.5) is 0 Å². The average Bonchev–Trinajstić information content (AvgIpc) is 3.07. The summed E-state index contributed by atoms with van der Waals surface area (Å²) in [6.45, 7) is 4.20. The first-order chi connectivity index (χ1) is 11.1. The number of carbonyl (C=O) groups is 2. The second-order valence-electron chi connectivity index (χ2n) is 4.80. The highest BCUT2D eigenvalue weighted by molar-refractivity contribution is 5.92. The van der Waals surface area contributed by atoms with Gasteiger partial charge in [0.2, 0.25) is 0 Å². The molecule has 1 aromatic heterocycles. The Hall–Kier alpha value is -2.76. The van der Waals surface area contributed by atoms with Crippen molar-refractivity contribution < 1.29 is 23.5 Å². The molecule has 23 heavy (non-hydrogen) atoms. The van der Waals surface area contributed by atoms with Gasteiger partial charge in [-0.15, -0.1) is 0 Å². The second kappa shape index (κ2) is 8.03. The highest BCUT2D eigenvalue weighted by Crippen LogP contribution is 2.13. The average molecular weight is 317 g/mol. The molecule has 6 nitrogen and oxygen atoms in total. The van der Waals surface area contributed by atoms with Crippen molar-refractivity contribution in [3.05, 3.63) is 54.0 Å². The highest BCUT2D eigenvalue weighted by atomic mass is 16.5. The molecule has 0 bridgehead atoms. The van der Waals surface area contributed by atoms with E-state index in [9.17, 15) is 9.59 Å². The van der Waals surface area contributed by atoms with Crippen LogP contribution in [0.1, 0.15) is 30.0 Å². The number of nitrogens with one attached hydrogen (secondary N) is 1. The summed E-state index contributed by atoms with van der Waals surface area (Å²) < 4.78 is 15.6. The number of benzene rings is 1. The molecule has 1 heterocycles. The van der Waals surface area contributed by atoms with Gasteiger partial charge < -0.3 is 19.2 Å². The van der Waals surface area contributed by atoms with Gasteiger partial charge in [0, 0.05) is 0 Å². The molecule has 1 atom stereocenters. The fourth-order valence-corrected chi connectivity index (χ4v) is 1.87. The van der Waals surface area contributed by atoms with E-state index < -0.39 is 12.1 Å². The van der Waals surface area contributed by atoms with E-state index in [4.69, 9.17) is 13.9 Å². The van der Waals surface area contributed by atoms with Gasteiger partial charge in [-0.2, -0.15) is 0 Å². The van der Waals surface area contributed by atoms with Crippen LogP contribution < -0.4 is 10.1 Å². The number of esters is 1. The molecular weight excluding hydrogens is 298 g/mol. The number of hydrogen-bond donors (Lipinski definition) is 1. The Morgan fingerprint density at radius 3 is 2.57 bits per heavy atom. The van der Waals surface area contributed by atoms with E-state index in [0.29, 0.717) is 23.7 Å². The minimum Gasteiger partial charge on any atom is -0.494 e. The van der Waals surface area contributed by atoms with Gasteiger partial charge in [0.1, 0.15) is 11.5 Å². The van der Waals surface area contributed by atoms with Crippen LogP contribution in [-0.2, 0) is 16.1 Å². The zero-order chi connectivity index (χ0) is 16.7. The molecule has 0 aliphatic heterocycles. The molecule has 1 N–H and O–H groups in total. The van der Waals surface area contributed by atoms with Gasteiger partial charge in [0.15, 0.2) is 6.10 Å². The minimum absolute atomic E-state index is 0.247. The van der Waals surface area contributed by atoms with Crippen LogP contribution in [0.2, 0.25) is 0 Å². The Bertz CT molecular complexity index is 634. The maximum atomic E-state index is 12.0. The molecule has 0 radical (unpaired) electrons. The summed E-state index contributed by atoms with van der Waals surface area (Å²) in [4.78, 5) is 23.9. The molecule has 0 aliphatic rings. The van der Waals surface area contributed by atoms with Crippen molar-refractivity contribution in [2.75, 3.05) is 6.61 Å². The van der Waals surface area contributed by atoms with Crippen LogP contribution in [0.3, 0.4) is 0 Å². The lowest BCUT2D eigenvalue weighted by atomic mass is 10.2. The summed E-state index contributed by atoms with van der Waals surface area (Å²) in [5.41, 5.74) is 0.360. The summed E-state index contributed by atoms with van der Waals surface area (Å²) in [5, 5.41) is 2.64. The smallest absolute Gasteiger partial charge is 0.338 e. The predicted octanol–water partition coefficient (Wildman–Crippen LogP) is 2.54. The summed E-state index contributed by atoms with van der Waals surface area (Å²) in [7, 11) is 0.